The van der Waals surface area contributed by atoms with Gasteiger partial charge in [-0.05, 0) is 54.1 Å². The second kappa shape index (κ2) is 8.74. The van der Waals surface area contributed by atoms with E-state index in [-0.39, 0.29) is 29.5 Å². The number of thiophene rings is 1. The molecular formula is C21H22N4O4S2. The molecule has 0 fully saturated rings. The van der Waals surface area contributed by atoms with Crippen molar-refractivity contribution in [1.82, 2.24) is 14.5 Å². The van der Waals surface area contributed by atoms with Crippen LogP contribution in [0, 0.1) is 0 Å². The van der Waals surface area contributed by atoms with Gasteiger partial charge in [0.2, 0.25) is 15.9 Å². The van der Waals surface area contributed by atoms with E-state index in [0.717, 1.165) is 29.0 Å². The van der Waals surface area contributed by atoms with E-state index in [9.17, 15) is 18.0 Å². The number of amides is 1. The van der Waals surface area contributed by atoms with Crippen LogP contribution in [-0.2, 0) is 27.8 Å². The van der Waals surface area contributed by atoms with Gasteiger partial charge < -0.3 is 4.90 Å². The molecule has 2 aromatic heterocycles. The smallest absolute Gasteiger partial charge is 0.266 e. The normalized spacial score (nSPS) is 13.8. The van der Waals surface area contributed by atoms with E-state index in [0.29, 0.717) is 12.2 Å². The molecule has 31 heavy (non-hydrogen) atoms. The van der Waals surface area contributed by atoms with Gasteiger partial charge in [-0.25, -0.2) is 17.8 Å². The van der Waals surface area contributed by atoms with E-state index >= 15 is 0 Å². The molecule has 0 radical (unpaired) electrons. The molecule has 8 nitrogen and oxygen atoms in total. The molecule has 4 rings (SSSR count). The molecule has 3 heterocycles. The van der Waals surface area contributed by atoms with Crippen LogP contribution in [0.2, 0.25) is 0 Å². The molecule has 0 spiro atoms. The summed E-state index contributed by atoms with van der Waals surface area (Å²) < 4.78 is 29.3. The van der Waals surface area contributed by atoms with Gasteiger partial charge in [0.15, 0.2) is 0 Å². The minimum atomic E-state index is -3.76. The Labute approximate surface area is 184 Å². The van der Waals surface area contributed by atoms with Crippen molar-refractivity contribution in [2.45, 2.75) is 31.2 Å². The summed E-state index contributed by atoms with van der Waals surface area (Å²) in [6.07, 6.45) is 1.51. The minimum absolute atomic E-state index is 0.0276. The predicted molar refractivity (Wildman–Crippen MR) is 120 cm³/mol. The highest BCUT2D eigenvalue weighted by atomic mass is 32.2. The van der Waals surface area contributed by atoms with Gasteiger partial charge in [0, 0.05) is 31.8 Å². The van der Waals surface area contributed by atoms with E-state index < -0.39 is 10.0 Å². The lowest BCUT2D eigenvalue weighted by molar-refractivity contribution is -0.116. The number of aryl methyl sites for hydroxylation is 1. The summed E-state index contributed by atoms with van der Waals surface area (Å²) in [5, 5.41) is 6.26. The van der Waals surface area contributed by atoms with Crippen molar-refractivity contribution in [3.8, 4) is 10.6 Å². The molecule has 1 aliphatic heterocycles. The first-order valence-electron chi connectivity index (χ1n) is 9.88. The minimum Gasteiger partial charge on any atom is -0.312 e. The third kappa shape index (κ3) is 4.60. The topological polar surface area (TPSA) is 101 Å². The fraction of sp³-hybridized carbons (Fsp3) is 0.286. The van der Waals surface area contributed by atoms with Crippen molar-refractivity contribution in [1.29, 1.82) is 0 Å². The zero-order valence-corrected chi connectivity index (χ0v) is 18.6. The molecular weight excluding hydrogens is 436 g/mol. The Kier molecular flexibility index (Phi) is 6.03. The predicted octanol–water partition coefficient (Wildman–Crippen LogP) is 2.25. The number of nitrogens with zero attached hydrogens (tertiary/aromatic N) is 3. The summed E-state index contributed by atoms with van der Waals surface area (Å²) >= 11 is 1.52. The van der Waals surface area contributed by atoms with Crippen LogP contribution in [-0.4, -0.2) is 37.2 Å². The first-order valence-corrected chi connectivity index (χ1v) is 12.2. The zero-order valence-electron chi connectivity index (χ0n) is 16.9. The molecule has 1 N–H and O–H groups in total. The standard InChI is InChI=1S/C21H22N4O4S2/c1-15(26)24-11-2-4-16-14-17(6-8-19(16)24)31(28,29)22-10-12-25-21(27)9-7-18(23-25)20-5-3-13-30-20/h3,5-9,13-14,22H,2,4,10-12H2,1H3. The van der Waals surface area contributed by atoms with Crippen molar-refractivity contribution < 1.29 is 13.2 Å². The highest BCUT2D eigenvalue weighted by Crippen LogP contribution is 2.29. The van der Waals surface area contributed by atoms with Crippen molar-refractivity contribution in [3.63, 3.8) is 0 Å². The lowest BCUT2D eigenvalue weighted by atomic mass is 10.0. The third-order valence-corrected chi connectivity index (χ3v) is 7.47. The summed E-state index contributed by atoms with van der Waals surface area (Å²) in [6.45, 7) is 2.28. The van der Waals surface area contributed by atoms with E-state index in [4.69, 9.17) is 0 Å². The van der Waals surface area contributed by atoms with Crippen LogP contribution >= 0.6 is 11.3 Å². The number of hydrogen-bond donors (Lipinski definition) is 1. The zero-order chi connectivity index (χ0) is 22.0. The maximum atomic E-state index is 12.8. The van der Waals surface area contributed by atoms with Gasteiger partial charge in [-0.2, -0.15) is 5.10 Å². The fourth-order valence-electron chi connectivity index (χ4n) is 3.60. The number of benzene rings is 1. The van der Waals surface area contributed by atoms with Crippen LogP contribution in [0.25, 0.3) is 10.6 Å². The molecule has 0 bridgehead atoms. The maximum Gasteiger partial charge on any atom is 0.266 e. The van der Waals surface area contributed by atoms with Gasteiger partial charge in [-0.15, -0.1) is 11.3 Å². The highest BCUT2D eigenvalue weighted by molar-refractivity contribution is 7.89. The summed E-state index contributed by atoms with van der Waals surface area (Å²) in [4.78, 5) is 26.7. The second-order valence-electron chi connectivity index (χ2n) is 7.22. The number of nitrogens with one attached hydrogen (secondary N) is 1. The van der Waals surface area contributed by atoms with Crippen LogP contribution in [0.3, 0.4) is 0 Å². The quantitative estimate of drug-likeness (QED) is 0.611. The highest BCUT2D eigenvalue weighted by Gasteiger charge is 2.23. The number of rotatable bonds is 6. The molecule has 1 aromatic carbocycles. The van der Waals surface area contributed by atoms with Gasteiger partial charge in [-0.3, -0.25) is 9.59 Å². The SMILES string of the molecule is CC(=O)N1CCCc2cc(S(=O)(=O)NCCn3nc(-c4cccs4)ccc3=O)ccc21. The van der Waals surface area contributed by atoms with Gasteiger partial charge in [0.05, 0.1) is 16.3 Å². The van der Waals surface area contributed by atoms with Crippen LogP contribution in [0.4, 0.5) is 5.69 Å². The Morgan fingerprint density at radius 1 is 1.23 bits per heavy atom. The molecule has 10 heteroatoms. The average Bonchev–Trinajstić information content (AvgIpc) is 3.29. The number of hydrogen-bond acceptors (Lipinski definition) is 6. The number of carbonyl (C=O) groups is 1. The van der Waals surface area contributed by atoms with E-state index in [1.807, 2.05) is 17.5 Å². The molecule has 3 aromatic rings. The summed E-state index contributed by atoms with van der Waals surface area (Å²) in [6, 6.07) is 11.7. The van der Waals surface area contributed by atoms with E-state index in [2.05, 4.69) is 9.82 Å². The third-order valence-electron chi connectivity index (χ3n) is 5.12. The largest absolute Gasteiger partial charge is 0.312 e. The Morgan fingerprint density at radius 2 is 2.06 bits per heavy atom. The molecule has 0 saturated heterocycles. The summed E-state index contributed by atoms with van der Waals surface area (Å²) in [5.41, 5.74) is 1.98. The molecule has 1 aliphatic rings. The van der Waals surface area contributed by atoms with Gasteiger partial charge in [0.1, 0.15) is 5.69 Å². The molecule has 1 amide bonds. The van der Waals surface area contributed by atoms with Crippen molar-refractivity contribution >= 4 is 33.0 Å². The first kappa shape index (κ1) is 21.4. The van der Waals surface area contributed by atoms with Gasteiger partial charge in [-0.1, -0.05) is 6.07 Å². The molecule has 0 atom stereocenters. The first-order chi connectivity index (χ1) is 14.8. The number of sulfonamides is 1. The Balaban J connectivity index is 1.47. The van der Waals surface area contributed by atoms with Crippen molar-refractivity contribution in [2.24, 2.45) is 0 Å². The number of carbonyl (C=O) groups excluding carboxylic acids is 1. The maximum absolute atomic E-state index is 12.8. The number of anilines is 1. The Bertz CT molecular complexity index is 1270. The van der Waals surface area contributed by atoms with Crippen molar-refractivity contribution in [3.05, 3.63) is 63.8 Å². The van der Waals surface area contributed by atoms with Gasteiger partial charge in [0.25, 0.3) is 5.56 Å². The van der Waals surface area contributed by atoms with Crippen LogP contribution in [0.5, 0.6) is 0 Å². The van der Waals surface area contributed by atoms with Crippen LogP contribution < -0.4 is 15.2 Å². The average molecular weight is 459 g/mol. The number of fused-ring (bicyclic) bond motifs is 1. The fourth-order valence-corrected chi connectivity index (χ4v) is 5.36. The monoisotopic (exact) mass is 458 g/mol. The van der Waals surface area contributed by atoms with Gasteiger partial charge >= 0.3 is 0 Å². The Hall–Kier alpha value is -2.82. The second-order valence-corrected chi connectivity index (χ2v) is 9.93. The van der Waals surface area contributed by atoms with Crippen LogP contribution in [0.15, 0.2) is 57.5 Å². The number of aromatic nitrogens is 2. The Morgan fingerprint density at radius 3 is 2.81 bits per heavy atom. The van der Waals surface area contributed by atoms with E-state index in [1.165, 1.54) is 35.1 Å². The van der Waals surface area contributed by atoms with E-state index in [1.54, 1.807) is 23.1 Å². The molecule has 0 unspecified atom stereocenters. The molecule has 0 aliphatic carbocycles. The van der Waals surface area contributed by atoms with Crippen molar-refractivity contribution in [2.75, 3.05) is 18.0 Å². The molecule has 0 saturated carbocycles. The lowest BCUT2D eigenvalue weighted by Crippen LogP contribution is -2.34. The molecule has 162 valence electrons. The lowest BCUT2D eigenvalue weighted by Gasteiger charge is -2.28. The summed E-state index contributed by atoms with van der Waals surface area (Å²) in [5.74, 6) is -0.0580. The van der Waals surface area contributed by atoms with Crippen LogP contribution in [0.1, 0.15) is 18.9 Å². The summed E-state index contributed by atoms with van der Waals surface area (Å²) in [7, 11) is -3.76.